The van der Waals surface area contributed by atoms with Gasteiger partial charge in [0.25, 0.3) is 0 Å². The molecule has 3 rings (SSSR count). The molecule has 0 aromatic carbocycles. The van der Waals surface area contributed by atoms with Crippen LogP contribution >= 0.6 is 0 Å². The summed E-state index contributed by atoms with van der Waals surface area (Å²) in [4.78, 5) is 22.5. The van der Waals surface area contributed by atoms with E-state index in [4.69, 9.17) is 13.9 Å². The number of hydrogen-bond donors (Lipinski definition) is 0. The minimum atomic E-state index is -0.549. The van der Waals surface area contributed by atoms with Gasteiger partial charge in [0.15, 0.2) is 11.3 Å². The predicted molar refractivity (Wildman–Crippen MR) is 57.1 cm³/mol. The van der Waals surface area contributed by atoms with Gasteiger partial charge in [0.05, 0.1) is 5.56 Å². The Morgan fingerprint density at radius 2 is 2.35 bits per heavy atom. The van der Waals surface area contributed by atoms with Crippen molar-refractivity contribution in [1.29, 1.82) is 0 Å². The van der Waals surface area contributed by atoms with Crippen LogP contribution in [0.5, 0.6) is 5.75 Å². The van der Waals surface area contributed by atoms with E-state index in [1.54, 1.807) is 13.0 Å². The number of furan rings is 2. The second-order valence-corrected chi connectivity index (χ2v) is 3.77. The number of rotatable bonds is 3. The van der Waals surface area contributed by atoms with Crippen LogP contribution in [0.4, 0.5) is 0 Å². The monoisotopic (exact) mass is 232 g/mol. The molecule has 0 saturated heterocycles. The number of carbonyl (C=O) groups is 2. The quantitative estimate of drug-likeness (QED) is 0.599. The molecule has 0 radical (unpaired) electrons. The number of benzene rings is 1. The van der Waals surface area contributed by atoms with Crippen LogP contribution in [0.2, 0.25) is 0 Å². The first-order valence-corrected chi connectivity index (χ1v) is 5.05. The Morgan fingerprint density at radius 3 is 3.06 bits per heavy atom. The topological polar surface area (TPSA) is 65.7 Å². The fraction of sp³-hybridized carbons (Fsp3) is 0.167. The van der Waals surface area contributed by atoms with Gasteiger partial charge < -0.3 is 13.9 Å². The largest absolute Gasteiger partial charge is 0.454 e. The van der Waals surface area contributed by atoms with Crippen LogP contribution in [0.1, 0.15) is 28.9 Å². The zero-order valence-corrected chi connectivity index (χ0v) is 8.98. The molecule has 0 fully saturated rings. The molecule has 17 heavy (non-hydrogen) atoms. The van der Waals surface area contributed by atoms with Crippen molar-refractivity contribution >= 4 is 23.1 Å². The molecule has 5 nitrogen and oxygen atoms in total. The molecule has 0 aliphatic carbocycles. The first kappa shape index (κ1) is 9.89. The summed E-state index contributed by atoms with van der Waals surface area (Å²) in [6.45, 7) is 5.00. The van der Waals surface area contributed by atoms with E-state index in [-0.39, 0.29) is 0 Å². The minimum absolute atomic E-state index is 0.367. The Labute approximate surface area is 95.9 Å². The van der Waals surface area contributed by atoms with E-state index < -0.39 is 18.0 Å². The number of hydrogen-bond acceptors (Lipinski definition) is 5. The normalized spacial score (nSPS) is 15.0. The SMILES string of the molecule is C=CC(=O)OC(C)c1c2c3oc1cc3C(=O)O2. The molecule has 2 aromatic heterocycles. The molecular weight excluding hydrogens is 224 g/mol. The third-order valence-electron chi connectivity index (χ3n) is 2.73. The molecule has 0 N–H and O–H groups in total. The van der Waals surface area contributed by atoms with Crippen molar-refractivity contribution in [3.05, 3.63) is 29.8 Å². The van der Waals surface area contributed by atoms with Gasteiger partial charge >= 0.3 is 11.9 Å². The molecule has 1 aliphatic heterocycles. The second kappa shape index (κ2) is 3.10. The molecule has 3 heterocycles. The highest BCUT2D eigenvalue weighted by Gasteiger charge is 2.37. The van der Waals surface area contributed by atoms with Crippen LogP contribution in [-0.2, 0) is 9.53 Å². The fourth-order valence-corrected chi connectivity index (χ4v) is 1.99. The lowest BCUT2D eigenvalue weighted by atomic mass is 10.1. The highest BCUT2D eigenvalue weighted by Crippen LogP contribution is 2.47. The molecular formula is C12H8O5. The van der Waals surface area contributed by atoms with Gasteiger partial charge in [-0.15, -0.1) is 0 Å². The summed E-state index contributed by atoms with van der Waals surface area (Å²) in [7, 11) is 0. The summed E-state index contributed by atoms with van der Waals surface area (Å²) < 4.78 is 15.5. The van der Waals surface area contributed by atoms with Gasteiger partial charge in [0.1, 0.15) is 17.3 Å². The maximum atomic E-state index is 11.4. The third kappa shape index (κ3) is 1.19. The van der Waals surface area contributed by atoms with Gasteiger partial charge in [0, 0.05) is 6.08 Å². The second-order valence-electron chi connectivity index (χ2n) is 3.77. The maximum Gasteiger partial charge on any atom is 0.347 e. The lowest BCUT2D eigenvalue weighted by molar-refractivity contribution is -0.142. The van der Waals surface area contributed by atoms with E-state index in [2.05, 4.69) is 6.58 Å². The van der Waals surface area contributed by atoms with E-state index in [0.29, 0.717) is 28.0 Å². The Bertz CT molecular complexity index is 636. The van der Waals surface area contributed by atoms with Crippen LogP contribution in [0.3, 0.4) is 0 Å². The van der Waals surface area contributed by atoms with E-state index in [9.17, 15) is 9.59 Å². The summed E-state index contributed by atoms with van der Waals surface area (Å²) in [6.07, 6.45) is 0.530. The van der Waals surface area contributed by atoms with Gasteiger partial charge in [-0.25, -0.2) is 9.59 Å². The molecule has 1 unspecified atom stereocenters. The summed E-state index contributed by atoms with van der Waals surface area (Å²) in [5.41, 5.74) is 1.97. The fourth-order valence-electron chi connectivity index (χ4n) is 1.99. The molecule has 86 valence electrons. The highest BCUT2D eigenvalue weighted by molar-refractivity contribution is 6.09. The van der Waals surface area contributed by atoms with Gasteiger partial charge in [-0.3, -0.25) is 0 Å². The van der Waals surface area contributed by atoms with Gasteiger partial charge in [-0.2, -0.15) is 0 Å². The number of ether oxygens (including phenoxy) is 2. The van der Waals surface area contributed by atoms with E-state index in [1.807, 2.05) is 0 Å². The van der Waals surface area contributed by atoms with Gasteiger partial charge in [0.2, 0.25) is 0 Å². The lowest BCUT2D eigenvalue weighted by Gasteiger charge is -2.11. The van der Waals surface area contributed by atoms with Gasteiger partial charge in [-0.1, -0.05) is 6.58 Å². The van der Waals surface area contributed by atoms with Crippen molar-refractivity contribution in [1.82, 2.24) is 0 Å². The minimum Gasteiger partial charge on any atom is -0.454 e. The lowest BCUT2D eigenvalue weighted by Crippen LogP contribution is -2.06. The van der Waals surface area contributed by atoms with Crippen LogP contribution in [0, 0.1) is 0 Å². The van der Waals surface area contributed by atoms with E-state index in [0.717, 1.165) is 6.08 Å². The summed E-state index contributed by atoms with van der Waals surface area (Å²) in [5.74, 6) is -0.596. The summed E-state index contributed by atoms with van der Waals surface area (Å²) >= 11 is 0. The molecule has 1 aliphatic rings. The third-order valence-corrected chi connectivity index (χ3v) is 2.73. The molecule has 2 bridgehead atoms. The molecule has 0 spiro atoms. The molecule has 1 atom stereocenters. The highest BCUT2D eigenvalue weighted by atomic mass is 16.6. The van der Waals surface area contributed by atoms with Crippen molar-refractivity contribution in [3.63, 3.8) is 0 Å². The van der Waals surface area contributed by atoms with Crippen LogP contribution in [-0.4, -0.2) is 11.9 Å². The summed E-state index contributed by atoms with van der Waals surface area (Å²) in [5, 5.41) is 0. The van der Waals surface area contributed by atoms with E-state index in [1.165, 1.54) is 0 Å². The van der Waals surface area contributed by atoms with Gasteiger partial charge in [-0.05, 0) is 13.0 Å². The Hall–Kier alpha value is -2.30. The van der Waals surface area contributed by atoms with Crippen molar-refractivity contribution < 1.29 is 23.5 Å². The molecule has 5 heteroatoms. The Balaban J connectivity index is 2.01. The zero-order valence-electron chi connectivity index (χ0n) is 8.98. The molecule has 2 aromatic rings. The van der Waals surface area contributed by atoms with Crippen molar-refractivity contribution in [3.8, 4) is 5.75 Å². The van der Waals surface area contributed by atoms with Crippen LogP contribution < -0.4 is 4.74 Å². The average molecular weight is 232 g/mol. The van der Waals surface area contributed by atoms with Crippen molar-refractivity contribution in [2.45, 2.75) is 13.0 Å². The first-order chi connectivity index (χ1) is 8.11. The Morgan fingerprint density at radius 1 is 1.59 bits per heavy atom. The van der Waals surface area contributed by atoms with E-state index >= 15 is 0 Å². The number of esters is 2. The van der Waals surface area contributed by atoms with Crippen LogP contribution in [0.15, 0.2) is 23.1 Å². The van der Waals surface area contributed by atoms with Crippen LogP contribution in [0.25, 0.3) is 11.2 Å². The number of carbonyl (C=O) groups excluding carboxylic acids is 2. The predicted octanol–water partition coefficient (Wildman–Crippen LogP) is 2.19. The molecule has 0 amide bonds. The standard InChI is InChI=1S/C12H8O5/c1-3-8(13)15-5(2)9-7-4-6-10(16-7)11(9)17-12(6)14/h3-5H,1H2,2H3. The number of fused-ring (bicyclic) bond motifs is 1. The Kier molecular flexibility index (Phi) is 1.80. The average Bonchev–Trinajstić information content (AvgIpc) is 2.89. The van der Waals surface area contributed by atoms with Crippen molar-refractivity contribution in [2.75, 3.05) is 0 Å². The smallest absolute Gasteiger partial charge is 0.347 e. The first-order valence-electron chi connectivity index (χ1n) is 5.05. The molecule has 0 saturated carbocycles. The van der Waals surface area contributed by atoms with Crippen molar-refractivity contribution in [2.24, 2.45) is 0 Å². The maximum absolute atomic E-state index is 11.4. The zero-order chi connectivity index (χ0) is 12.2. The summed E-state index contributed by atoms with van der Waals surface area (Å²) in [6, 6.07) is 1.60.